The lowest BCUT2D eigenvalue weighted by Gasteiger charge is -2.20. The van der Waals surface area contributed by atoms with E-state index in [-0.39, 0.29) is 6.61 Å². The van der Waals surface area contributed by atoms with Gasteiger partial charge >= 0.3 is 0 Å². The van der Waals surface area contributed by atoms with Gasteiger partial charge in [-0.2, -0.15) is 0 Å². The molecule has 88 valence electrons. The molecule has 0 aromatic heterocycles. The predicted molar refractivity (Wildman–Crippen MR) is 68.5 cm³/mol. The predicted octanol–water partition coefficient (Wildman–Crippen LogP) is 3.20. The molecule has 1 unspecified atom stereocenters. The Morgan fingerprint density at radius 1 is 1.38 bits per heavy atom. The largest absolute Gasteiger partial charge is 0.396 e. The Kier molecular flexibility index (Phi) is 3.95. The van der Waals surface area contributed by atoms with E-state index in [4.69, 9.17) is 28.3 Å². The van der Waals surface area contributed by atoms with Crippen molar-refractivity contribution in [1.82, 2.24) is 0 Å². The smallest absolute Gasteiger partial charge is 0.0825 e. The van der Waals surface area contributed by atoms with Crippen molar-refractivity contribution in [2.75, 3.05) is 24.6 Å². The normalized spacial score (nSPS) is 20.4. The number of nitrogens with zero attached hydrogens (tertiary/aromatic N) is 1. The molecule has 1 aliphatic heterocycles. The van der Waals surface area contributed by atoms with Gasteiger partial charge in [0.25, 0.3) is 0 Å². The van der Waals surface area contributed by atoms with Crippen LogP contribution in [0, 0.1) is 5.92 Å². The fraction of sp³-hybridized carbons (Fsp3) is 0.500. The van der Waals surface area contributed by atoms with Gasteiger partial charge in [-0.3, -0.25) is 0 Å². The van der Waals surface area contributed by atoms with Crippen molar-refractivity contribution in [1.29, 1.82) is 0 Å². The van der Waals surface area contributed by atoms with Crippen LogP contribution in [0.2, 0.25) is 10.0 Å². The molecule has 1 heterocycles. The highest BCUT2D eigenvalue weighted by Gasteiger charge is 2.23. The molecule has 0 bridgehead atoms. The monoisotopic (exact) mass is 259 g/mol. The summed E-state index contributed by atoms with van der Waals surface area (Å²) in [4.78, 5) is 2.24. The Morgan fingerprint density at radius 2 is 2.19 bits per heavy atom. The van der Waals surface area contributed by atoms with Crippen LogP contribution in [0.1, 0.15) is 12.8 Å². The molecule has 0 radical (unpaired) electrons. The summed E-state index contributed by atoms with van der Waals surface area (Å²) in [5.74, 6) is 0.569. The lowest BCUT2D eigenvalue weighted by molar-refractivity contribution is 0.263. The van der Waals surface area contributed by atoms with Crippen molar-refractivity contribution in [2.45, 2.75) is 12.8 Å². The van der Waals surface area contributed by atoms with Crippen molar-refractivity contribution in [3.05, 3.63) is 28.2 Å². The number of anilines is 1. The molecule has 1 N–H and O–H groups in total. The first-order valence-corrected chi connectivity index (χ1v) is 6.27. The van der Waals surface area contributed by atoms with E-state index in [1.807, 2.05) is 12.1 Å². The van der Waals surface area contributed by atoms with Crippen molar-refractivity contribution in [2.24, 2.45) is 5.92 Å². The summed E-state index contributed by atoms with van der Waals surface area (Å²) in [5.41, 5.74) is 1.01. The van der Waals surface area contributed by atoms with E-state index in [0.29, 0.717) is 16.0 Å². The Labute approximate surface area is 106 Å². The third-order valence-corrected chi connectivity index (χ3v) is 3.90. The van der Waals surface area contributed by atoms with E-state index in [1.54, 1.807) is 6.07 Å². The number of aliphatic hydroxyl groups is 1. The van der Waals surface area contributed by atoms with E-state index < -0.39 is 0 Å². The van der Waals surface area contributed by atoms with E-state index in [0.717, 1.165) is 31.6 Å². The zero-order chi connectivity index (χ0) is 11.5. The highest BCUT2D eigenvalue weighted by Crippen LogP contribution is 2.35. The first-order chi connectivity index (χ1) is 7.72. The van der Waals surface area contributed by atoms with Crippen LogP contribution in [0.3, 0.4) is 0 Å². The van der Waals surface area contributed by atoms with Crippen LogP contribution in [0.5, 0.6) is 0 Å². The Bertz CT molecular complexity index is 370. The molecule has 1 saturated heterocycles. The maximum atomic E-state index is 8.92. The molecule has 1 atom stereocenters. The van der Waals surface area contributed by atoms with Gasteiger partial charge in [-0.1, -0.05) is 29.3 Å². The molecule has 1 fully saturated rings. The molecule has 2 nitrogen and oxygen atoms in total. The van der Waals surface area contributed by atoms with Gasteiger partial charge in [-0.05, 0) is 30.9 Å². The van der Waals surface area contributed by atoms with E-state index in [1.165, 1.54) is 0 Å². The highest BCUT2D eigenvalue weighted by atomic mass is 35.5. The van der Waals surface area contributed by atoms with Crippen molar-refractivity contribution in [3.8, 4) is 0 Å². The number of hydrogen-bond donors (Lipinski definition) is 1. The molecular weight excluding hydrogens is 245 g/mol. The lowest BCUT2D eigenvalue weighted by atomic mass is 10.1. The third kappa shape index (κ3) is 2.45. The average molecular weight is 260 g/mol. The van der Waals surface area contributed by atoms with Gasteiger partial charge in [-0.15, -0.1) is 0 Å². The number of benzene rings is 1. The van der Waals surface area contributed by atoms with Gasteiger partial charge in [-0.25, -0.2) is 0 Å². The number of aliphatic hydroxyl groups excluding tert-OH is 1. The van der Waals surface area contributed by atoms with Gasteiger partial charge in [0.05, 0.1) is 15.7 Å². The van der Waals surface area contributed by atoms with Crippen LogP contribution >= 0.6 is 23.2 Å². The van der Waals surface area contributed by atoms with Crippen LogP contribution in [0.4, 0.5) is 5.69 Å². The molecule has 0 spiro atoms. The molecule has 4 heteroatoms. The molecule has 2 rings (SSSR count). The third-order valence-electron chi connectivity index (χ3n) is 3.10. The average Bonchev–Trinajstić information content (AvgIpc) is 2.71. The van der Waals surface area contributed by atoms with Crippen LogP contribution in [0.15, 0.2) is 18.2 Å². The second-order valence-corrected chi connectivity index (χ2v) is 4.97. The van der Waals surface area contributed by atoms with Crippen molar-refractivity contribution < 1.29 is 5.11 Å². The second-order valence-electron chi connectivity index (χ2n) is 4.19. The Hall–Kier alpha value is -0.440. The number of rotatable bonds is 3. The summed E-state index contributed by atoms with van der Waals surface area (Å²) in [7, 11) is 0. The molecule has 0 aliphatic carbocycles. The van der Waals surface area contributed by atoms with Gasteiger partial charge < -0.3 is 10.0 Å². The first-order valence-electron chi connectivity index (χ1n) is 5.52. The standard InChI is InChI=1S/C12H15Cl2NO/c13-10-2-1-3-11(12(10)14)15-6-4-9(8-15)5-7-16/h1-3,9,16H,4-8H2. The first kappa shape index (κ1) is 12.0. The minimum atomic E-state index is 0.266. The van der Waals surface area contributed by atoms with Crippen molar-refractivity contribution in [3.63, 3.8) is 0 Å². The molecular formula is C12H15Cl2NO. The van der Waals surface area contributed by atoms with Crippen molar-refractivity contribution >= 4 is 28.9 Å². The summed E-state index contributed by atoms with van der Waals surface area (Å²) >= 11 is 12.2. The second kappa shape index (κ2) is 5.26. The lowest BCUT2D eigenvalue weighted by Crippen LogP contribution is -2.20. The molecule has 1 aliphatic rings. The summed E-state index contributed by atoms with van der Waals surface area (Å²) in [5, 5.41) is 10.2. The number of hydrogen-bond acceptors (Lipinski definition) is 2. The van der Waals surface area contributed by atoms with Gasteiger partial charge in [0.1, 0.15) is 0 Å². The van der Waals surface area contributed by atoms with Gasteiger partial charge in [0.15, 0.2) is 0 Å². The van der Waals surface area contributed by atoms with E-state index in [2.05, 4.69) is 4.90 Å². The summed E-state index contributed by atoms with van der Waals surface area (Å²) in [6, 6.07) is 5.72. The molecule has 0 amide bonds. The van der Waals surface area contributed by atoms with Crippen LogP contribution in [0.25, 0.3) is 0 Å². The maximum Gasteiger partial charge on any atom is 0.0825 e. The fourth-order valence-corrected chi connectivity index (χ4v) is 2.62. The highest BCUT2D eigenvalue weighted by molar-refractivity contribution is 6.43. The molecule has 1 aromatic carbocycles. The van der Waals surface area contributed by atoms with Gasteiger partial charge in [0, 0.05) is 19.7 Å². The zero-order valence-electron chi connectivity index (χ0n) is 9.00. The Balaban J connectivity index is 2.11. The van der Waals surface area contributed by atoms with E-state index in [9.17, 15) is 0 Å². The van der Waals surface area contributed by atoms with E-state index >= 15 is 0 Å². The fourth-order valence-electron chi connectivity index (χ4n) is 2.21. The van der Waals surface area contributed by atoms with Crippen LogP contribution in [-0.2, 0) is 0 Å². The molecule has 16 heavy (non-hydrogen) atoms. The summed E-state index contributed by atoms with van der Waals surface area (Å²) in [6.45, 7) is 2.22. The minimum Gasteiger partial charge on any atom is -0.396 e. The summed E-state index contributed by atoms with van der Waals surface area (Å²) < 4.78 is 0. The quantitative estimate of drug-likeness (QED) is 0.902. The van der Waals surface area contributed by atoms with Crippen LogP contribution in [-0.4, -0.2) is 24.8 Å². The SMILES string of the molecule is OCCC1CCN(c2cccc(Cl)c2Cl)C1. The Morgan fingerprint density at radius 3 is 2.94 bits per heavy atom. The minimum absolute atomic E-state index is 0.266. The topological polar surface area (TPSA) is 23.5 Å². The number of halogens is 2. The van der Waals surface area contributed by atoms with Crippen LogP contribution < -0.4 is 4.90 Å². The maximum absolute atomic E-state index is 8.92. The molecule has 0 saturated carbocycles. The van der Waals surface area contributed by atoms with Gasteiger partial charge in [0.2, 0.25) is 0 Å². The zero-order valence-corrected chi connectivity index (χ0v) is 10.5. The molecule has 1 aromatic rings. The summed E-state index contributed by atoms with van der Waals surface area (Å²) in [6.07, 6.45) is 1.98.